The Morgan fingerprint density at radius 1 is 1.13 bits per heavy atom. The van der Waals surface area contributed by atoms with Gasteiger partial charge in [0.2, 0.25) is 5.91 Å². The van der Waals surface area contributed by atoms with Crippen molar-refractivity contribution in [3.63, 3.8) is 0 Å². The van der Waals surface area contributed by atoms with Gasteiger partial charge in [0.05, 0.1) is 31.4 Å². The summed E-state index contributed by atoms with van der Waals surface area (Å²) in [6, 6.07) is 15.8. The lowest BCUT2D eigenvalue weighted by Crippen LogP contribution is -2.42. The minimum atomic E-state index is -0.0400. The fourth-order valence-electron chi connectivity index (χ4n) is 4.45. The number of hydrogen-bond acceptors (Lipinski definition) is 4. The van der Waals surface area contributed by atoms with Crippen LogP contribution < -0.4 is 5.32 Å². The van der Waals surface area contributed by atoms with E-state index in [1.807, 2.05) is 54.7 Å². The molecule has 2 aromatic rings. The maximum absolute atomic E-state index is 12.8. The van der Waals surface area contributed by atoms with Gasteiger partial charge in [-0.1, -0.05) is 42.5 Å². The second kappa shape index (κ2) is 10.5. The van der Waals surface area contributed by atoms with Crippen LogP contribution in [-0.4, -0.2) is 48.6 Å². The van der Waals surface area contributed by atoms with Crippen molar-refractivity contribution < 1.29 is 9.53 Å². The van der Waals surface area contributed by atoms with E-state index in [9.17, 15) is 4.79 Å². The maximum atomic E-state index is 12.8. The van der Waals surface area contributed by atoms with Gasteiger partial charge in [0.25, 0.3) is 0 Å². The summed E-state index contributed by atoms with van der Waals surface area (Å²) in [4.78, 5) is 19.9. The molecule has 4 rings (SSSR count). The average molecular weight is 406 g/mol. The Morgan fingerprint density at radius 2 is 1.93 bits per heavy atom. The fraction of sp³-hybridized carbons (Fsp3) is 0.440. The van der Waals surface area contributed by atoms with Crippen LogP contribution in [0, 0.1) is 5.92 Å². The third-order valence-electron chi connectivity index (χ3n) is 6.04. The highest BCUT2D eigenvalue weighted by molar-refractivity contribution is 5.79. The van der Waals surface area contributed by atoms with E-state index in [-0.39, 0.29) is 11.9 Å². The van der Waals surface area contributed by atoms with Crippen molar-refractivity contribution in [3.05, 3.63) is 77.6 Å². The number of amides is 1. The molecular weight excluding hydrogens is 374 g/mol. The number of pyridine rings is 1. The topological polar surface area (TPSA) is 54.5 Å². The van der Waals surface area contributed by atoms with Crippen LogP contribution in [0.4, 0.5) is 0 Å². The molecule has 5 nitrogen and oxygen atoms in total. The van der Waals surface area contributed by atoms with Crippen LogP contribution in [0.15, 0.2) is 66.4 Å². The molecule has 1 amide bonds. The summed E-state index contributed by atoms with van der Waals surface area (Å²) in [6.45, 7) is 4.70. The normalized spacial score (nSPS) is 19.1. The van der Waals surface area contributed by atoms with E-state index in [0.29, 0.717) is 12.3 Å². The Morgan fingerprint density at radius 3 is 2.63 bits per heavy atom. The lowest BCUT2D eigenvalue weighted by atomic mass is 9.87. The van der Waals surface area contributed by atoms with Crippen molar-refractivity contribution in [1.29, 1.82) is 0 Å². The second-order valence-corrected chi connectivity index (χ2v) is 8.28. The number of carbonyl (C=O) groups is 1. The van der Waals surface area contributed by atoms with Crippen LogP contribution in [0.3, 0.4) is 0 Å². The molecule has 1 aromatic heterocycles. The molecule has 0 radical (unpaired) electrons. The molecule has 30 heavy (non-hydrogen) atoms. The molecule has 0 unspecified atom stereocenters. The molecule has 1 atom stereocenters. The maximum Gasteiger partial charge on any atom is 0.224 e. The Hall–Kier alpha value is -2.50. The first-order chi connectivity index (χ1) is 14.8. The van der Waals surface area contributed by atoms with E-state index in [0.717, 1.165) is 63.4 Å². The number of ether oxygens (including phenoxy) is 1. The van der Waals surface area contributed by atoms with Gasteiger partial charge in [-0.2, -0.15) is 0 Å². The summed E-state index contributed by atoms with van der Waals surface area (Å²) in [6.07, 6.45) is 7.69. The molecule has 1 saturated heterocycles. The van der Waals surface area contributed by atoms with Gasteiger partial charge >= 0.3 is 0 Å². The number of likely N-dealkylation sites (tertiary alicyclic amines) is 1. The molecule has 0 aliphatic carbocycles. The Balaban J connectivity index is 1.38. The number of aromatic nitrogens is 1. The summed E-state index contributed by atoms with van der Waals surface area (Å²) in [7, 11) is 0. The summed E-state index contributed by atoms with van der Waals surface area (Å²) < 4.78 is 5.58. The van der Waals surface area contributed by atoms with Crippen molar-refractivity contribution >= 4 is 5.91 Å². The Kier molecular flexibility index (Phi) is 7.27. The number of benzene rings is 1. The number of piperidine rings is 1. The lowest BCUT2D eigenvalue weighted by molar-refractivity contribution is -0.121. The van der Waals surface area contributed by atoms with Crippen LogP contribution in [0.25, 0.3) is 0 Å². The summed E-state index contributed by atoms with van der Waals surface area (Å²) >= 11 is 0. The molecule has 2 aliphatic rings. The quantitative estimate of drug-likeness (QED) is 0.716. The van der Waals surface area contributed by atoms with Gasteiger partial charge in [-0.15, -0.1) is 0 Å². The number of nitrogens with one attached hydrogen (secondary N) is 1. The molecule has 1 aromatic carbocycles. The van der Waals surface area contributed by atoms with E-state index in [1.165, 1.54) is 5.57 Å². The van der Waals surface area contributed by atoms with E-state index >= 15 is 0 Å². The molecule has 3 heterocycles. The monoisotopic (exact) mass is 405 g/mol. The molecule has 0 bridgehead atoms. The van der Waals surface area contributed by atoms with Crippen molar-refractivity contribution in [1.82, 2.24) is 15.2 Å². The highest BCUT2D eigenvalue weighted by atomic mass is 16.5. The highest BCUT2D eigenvalue weighted by Crippen LogP contribution is 2.30. The Bertz CT molecular complexity index is 830. The molecule has 158 valence electrons. The summed E-state index contributed by atoms with van der Waals surface area (Å²) in [5, 5.41) is 3.30. The average Bonchev–Trinajstić information content (AvgIpc) is 2.80. The summed E-state index contributed by atoms with van der Waals surface area (Å²) in [5.74, 6) is 0.455. The van der Waals surface area contributed by atoms with Crippen LogP contribution in [0.1, 0.15) is 36.6 Å². The molecule has 0 saturated carbocycles. The van der Waals surface area contributed by atoms with Crippen LogP contribution in [0.2, 0.25) is 0 Å². The van der Waals surface area contributed by atoms with E-state index in [2.05, 4.69) is 21.3 Å². The van der Waals surface area contributed by atoms with Crippen molar-refractivity contribution in [2.45, 2.75) is 31.7 Å². The zero-order valence-electron chi connectivity index (χ0n) is 17.5. The number of carbonyl (C=O) groups excluding carboxylic acids is 1. The predicted molar refractivity (Wildman–Crippen MR) is 118 cm³/mol. The number of hydrogen-bond donors (Lipinski definition) is 1. The zero-order valence-corrected chi connectivity index (χ0v) is 17.5. The van der Waals surface area contributed by atoms with Crippen molar-refractivity contribution in [2.75, 3.05) is 32.8 Å². The van der Waals surface area contributed by atoms with Gasteiger partial charge in [0, 0.05) is 12.7 Å². The van der Waals surface area contributed by atoms with Gasteiger partial charge in [0.1, 0.15) is 0 Å². The van der Waals surface area contributed by atoms with Crippen LogP contribution in [0.5, 0.6) is 0 Å². The molecule has 2 aliphatic heterocycles. The second-order valence-electron chi connectivity index (χ2n) is 8.28. The third-order valence-corrected chi connectivity index (χ3v) is 6.04. The first-order valence-corrected chi connectivity index (χ1v) is 11.0. The molecule has 1 N–H and O–H groups in total. The minimum absolute atomic E-state index is 0.0400. The smallest absolute Gasteiger partial charge is 0.224 e. The fourth-order valence-corrected chi connectivity index (χ4v) is 4.45. The van der Waals surface area contributed by atoms with Crippen LogP contribution >= 0.6 is 0 Å². The first kappa shape index (κ1) is 20.8. The minimum Gasteiger partial charge on any atom is -0.377 e. The predicted octanol–water partition coefficient (Wildman–Crippen LogP) is 3.54. The standard InChI is InChI=1S/C25H31N3O2/c29-24(17-20-7-2-1-3-8-20)27-25(23-10-4-5-13-26-23)22-11-14-28(15-12-22)18-21-9-6-16-30-19-21/h1-5,7-10,13,22,25H,6,11-12,14-19H2,(H,27,29)/t25-/m1/s1. The Labute approximate surface area is 179 Å². The van der Waals surface area contributed by atoms with Gasteiger partial charge in [-0.05, 0) is 61.5 Å². The van der Waals surface area contributed by atoms with Crippen LogP contribution in [-0.2, 0) is 16.0 Å². The van der Waals surface area contributed by atoms with Gasteiger partial charge in [0.15, 0.2) is 0 Å². The van der Waals surface area contributed by atoms with Crippen molar-refractivity contribution in [2.24, 2.45) is 5.92 Å². The SMILES string of the molecule is O=C(Cc1ccccc1)N[C@@H](c1ccccn1)C1CCN(CC2=CCCOC2)CC1. The molecule has 5 heteroatoms. The van der Waals surface area contributed by atoms with E-state index < -0.39 is 0 Å². The van der Waals surface area contributed by atoms with Gasteiger partial charge in [-0.25, -0.2) is 0 Å². The third kappa shape index (κ3) is 5.77. The molecule has 1 fully saturated rings. The number of nitrogens with zero attached hydrogens (tertiary/aromatic N) is 2. The largest absolute Gasteiger partial charge is 0.377 e. The highest BCUT2D eigenvalue weighted by Gasteiger charge is 2.30. The van der Waals surface area contributed by atoms with Crippen molar-refractivity contribution in [3.8, 4) is 0 Å². The lowest BCUT2D eigenvalue weighted by Gasteiger charge is -2.36. The zero-order chi connectivity index (χ0) is 20.6. The molecular formula is C25H31N3O2. The van der Waals surface area contributed by atoms with Gasteiger partial charge in [-0.3, -0.25) is 14.7 Å². The van der Waals surface area contributed by atoms with E-state index in [4.69, 9.17) is 4.74 Å². The van der Waals surface area contributed by atoms with E-state index in [1.54, 1.807) is 0 Å². The molecule has 0 spiro atoms. The number of rotatable bonds is 7. The van der Waals surface area contributed by atoms with Gasteiger partial charge < -0.3 is 10.1 Å². The summed E-state index contributed by atoms with van der Waals surface area (Å²) in [5.41, 5.74) is 3.39. The first-order valence-electron chi connectivity index (χ1n) is 11.0.